The molecule has 3 rings (SSSR count). The lowest BCUT2D eigenvalue weighted by Gasteiger charge is -2.32. The van der Waals surface area contributed by atoms with E-state index in [-0.39, 0.29) is 12.0 Å². The van der Waals surface area contributed by atoms with Crippen molar-refractivity contribution in [2.24, 2.45) is 7.05 Å². The lowest BCUT2D eigenvalue weighted by atomic mass is 10.1. The van der Waals surface area contributed by atoms with Crippen molar-refractivity contribution in [2.45, 2.75) is 18.9 Å². The van der Waals surface area contributed by atoms with Gasteiger partial charge in [-0.05, 0) is 24.1 Å². The minimum atomic E-state index is -0.212. The fourth-order valence-corrected chi connectivity index (χ4v) is 2.82. The highest BCUT2D eigenvalue weighted by molar-refractivity contribution is 5.76. The Labute approximate surface area is 141 Å². The topological polar surface area (TPSA) is 69.5 Å². The third-order valence-corrected chi connectivity index (χ3v) is 4.24. The number of morpholine rings is 1. The molecule has 0 unspecified atom stereocenters. The average Bonchev–Trinajstić information content (AvgIpc) is 3.06. The molecule has 1 aliphatic heterocycles. The summed E-state index contributed by atoms with van der Waals surface area (Å²) in [6, 6.07) is 7.82. The summed E-state index contributed by atoms with van der Waals surface area (Å²) in [5.41, 5.74) is 1.13. The lowest BCUT2D eigenvalue weighted by Crippen LogP contribution is -2.42. The zero-order valence-electron chi connectivity index (χ0n) is 14.0. The maximum absolute atomic E-state index is 12.5. The van der Waals surface area contributed by atoms with Gasteiger partial charge in [0.1, 0.15) is 18.2 Å². The number of aryl methyl sites for hydroxylation is 2. The number of hydrogen-bond donors (Lipinski definition) is 0. The minimum Gasteiger partial charge on any atom is -0.497 e. The number of hydrogen-bond acceptors (Lipinski definition) is 5. The number of rotatable bonds is 5. The van der Waals surface area contributed by atoms with Crippen LogP contribution >= 0.6 is 0 Å². The van der Waals surface area contributed by atoms with Crippen molar-refractivity contribution < 1.29 is 14.3 Å². The van der Waals surface area contributed by atoms with Gasteiger partial charge in [-0.2, -0.15) is 0 Å². The summed E-state index contributed by atoms with van der Waals surface area (Å²) in [6.45, 7) is 1.66. The molecular weight excluding hydrogens is 308 g/mol. The Morgan fingerprint density at radius 2 is 2.17 bits per heavy atom. The molecule has 0 saturated carbocycles. The lowest BCUT2D eigenvalue weighted by molar-refractivity contribution is -0.139. The summed E-state index contributed by atoms with van der Waals surface area (Å²) in [7, 11) is 3.52. The Balaban J connectivity index is 1.55. The number of nitrogens with zero attached hydrogens (tertiary/aromatic N) is 4. The SMILES string of the molecule is COc1ccc(CCC(=O)N2CCO[C@H](c3nncn3C)C2)cc1. The second-order valence-electron chi connectivity index (χ2n) is 5.85. The fraction of sp³-hybridized carbons (Fsp3) is 0.471. The van der Waals surface area contributed by atoms with Crippen LogP contribution < -0.4 is 4.74 Å². The first-order valence-corrected chi connectivity index (χ1v) is 8.03. The highest BCUT2D eigenvalue weighted by Crippen LogP contribution is 2.21. The van der Waals surface area contributed by atoms with E-state index in [0.29, 0.717) is 26.1 Å². The van der Waals surface area contributed by atoms with E-state index in [2.05, 4.69) is 10.2 Å². The van der Waals surface area contributed by atoms with Gasteiger partial charge in [-0.15, -0.1) is 10.2 Å². The van der Waals surface area contributed by atoms with Gasteiger partial charge in [-0.3, -0.25) is 4.79 Å². The molecule has 1 aromatic carbocycles. The van der Waals surface area contributed by atoms with E-state index in [1.54, 1.807) is 13.4 Å². The van der Waals surface area contributed by atoms with Crippen LogP contribution in [-0.2, 0) is 23.0 Å². The van der Waals surface area contributed by atoms with Gasteiger partial charge < -0.3 is 18.9 Å². The molecule has 1 saturated heterocycles. The highest BCUT2D eigenvalue weighted by atomic mass is 16.5. The first-order valence-electron chi connectivity index (χ1n) is 8.03. The molecule has 7 heteroatoms. The molecule has 2 aromatic rings. The summed E-state index contributed by atoms with van der Waals surface area (Å²) in [6.07, 6.45) is 2.63. The van der Waals surface area contributed by atoms with Crippen molar-refractivity contribution >= 4 is 5.91 Å². The van der Waals surface area contributed by atoms with Crippen LogP contribution in [0.4, 0.5) is 0 Å². The average molecular weight is 330 g/mol. The molecule has 0 aliphatic carbocycles. The van der Waals surface area contributed by atoms with Gasteiger partial charge in [0.25, 0.3) is 0 Å². The molecule has 2 heterocycles. The van der Waals surface area contributed by atoms with E-state index < -0.39 is 0 Å². The zero-order valence-corrected chi connectivity index (χ0v) is 14.0. The molecule has 128 valence electrons. The molecule has 24 heavy (non-hydrogen) atoms. The zero-order chi connectivity index (χ0) is 16.9. The molecule has 1 aromatic heterocycles. The first kappa shape index (κ1) is 16.4. The molecule has 1 amide bonds. The van der Waals surface area contributed by atoms with Crippen molar-refractivity contribution in [3.63, 3.8) is 0 Å². The molecule has 7 nitrogen and oxygen atoms in total. The van der Waals surface area contributed by atoms with Gasteiger partial charge >= 0.3 is 0 Å². The van der Waals surface area contributed by atoms with E-state index in [0.717, 1.165) is 23.6 Å². The number of benzene rings is 1. The van der Waals surface area contributed by atoms with Gasteiger partial charge in [0.2, 0.25) is 5.91 Å². The summed E-state index contributed by atoms with van der Waals surface area (Å²) in [4.78, 5) is 14.4. The summed E-state index contributed by atoms with van der Waals surface area (Å²) in [5.74, 6) is 1.72. The Bertz CT molecular complexity index is 683. The monoisotopic (exact) mass is 330 g/mol. The van der Waals surface area contributed by atoms with E-state index >= 15 is 0 Å². The normalized spacial score (nSPS) is 17.8. The second kappa shape index (κ2) is 7.44. The fourth-order valence-electron chi connectivity index (χ4n) is 2.82. The predicted molar refractivity (Wildman–Crippen MR) is 87.6 cm³/mol. The molecular formula is C17H22N4O3. The van der Waals surface area contributed by atoms with E-state index in [1.165, 1.54) is 0 Å². The van der Waals surface area contributed by atoms with Gasteiger partial charge in [-0.1, -0.05) is 12.1 Å². The van der Waals surface area contributed by atoms with Crippen molar-refractivity contribution in [1.82, 2.24) is 19.7 Å². The van der Waals surface area contributed by atoms with Crippen LogP contribution in [0.1, 0.15) is 23.9 Å². The molecule has 0 radical (unpaired) electrons. The molecule has 0 spiro atoms. The Kier molecular flexibility index (Phi) is 5.10. The van der Waals surface area contributed by atoms with Crippen LogP contribution in [0.15, 0.2) is 30.6 Å². The van der Waals surface area contributed by atoms with Gasteiger partial charge in [0.15, 0.2) is 5.82 Å². The number of carbonyl (C=O) groups is 1. The van der Waals surface area contributed by atoms with Gasteiger partial charge in [-0.25, -0.2) is 0 Å². The molecule has 1 atom stereocenters. The van der Waals surface area contributed by atoms with Crippen LogP contribution in [-0.4, -0.2) is 52.4 Å². The summed E-state index contributed by atoms with van der Waals surface area (Å²) >= 11 is 0. The van der Waals surface area contributed by atoms with Crippen molar-refractivity contribution in [3.8, 4) is 5.75 Å². The smallest absolute Gasteiger partial charge is 0.223 e. The number of ether oxygens (including phenoxy) is 2. The Hall–Kier alpha value is -2.41. The van der Waals surface area contributed by atoms with Crippen LogP contribution in [0.5, 0.6) is 5.75 Å². The Morgan fingerprint density at radius 1 is 1.38 bits per heavy atom. The van der Waals surface area contributed by atoms with Gasteiger partial charge in [0, 0.05) is 20.0 Å². The largest absolute Gasteiger partial charge is 0.497 e. The summed E-state index contributed by atoms with van der Waals surface area (Å²) < 4.78 is 12.7. The van der Waals surface area contributed by atoms with E-state index in [1.807, 2.05) is 40.8 Å². The van der Waals surface area contributed by atoms with Crippen molar-refractivity contribution in [3.05, 3.63) is 42.0 Å². The molecule has 1 fully saturated rings. The predicted octanol–water partition coefficient (Wildman–Crippen LogP) is 1.36. The maximum Gasteiger partial charge on any atom is 0.223 e. The van der Waals surface area contributed by atoms with E-state index in [4.69, 9.17) is 9.47 Å². The number of carbonyl (C=O) groups excluding carboxylic acids is 1. The third kappa shape index (κ3) is 3.73. The Morgan fingerprint density at radius 3 is 2.83 bits per heavy atom. The maximum atomic E-state index is 12.5. The molecule has 0 N–H and O–H groups in total. The van der Waals surface area contributed by atoms with Crippen LogP contribution in [0.25, 0.3) is 0 Å². The van der Waals surface area contributed by atoms with Crippen LogP contribution in [0.2, 0.25) is 0 Å². The number of amides is 1. The van der Waals surface area contributed by atoms with Crippen molar-refractivity contribution in [1.29, 1.82) is 0 Å². The second-order valence-corrected chi connectivity index (χ2v) is 5.85. The van der Waals surface area contributed by atoms with Crippen LogP contribution in [0.3, 0.4) is 0 Å². The quantitative estimate of drug-likeness (QED) is 0.828. The first-order chi connectivity index (χ1) is 11.7. The molecule has 0 bridgehead atoms. The van der Waals surface area contributed by atoms with Gasteiger partial charge in [0.05, 0.1) is 20.3 Å². The minimum absolute atomic E-state index is 0.140. The van der Waals surface area contributed by atoms with E-state index in [9.17, 15) is 4.79 Å². The third-order valence-electron chi connectivity index (χ3n) is 4.24. The standard InChI is InChI=1S/C17H22N4O3/c1-20-12-18-19-17(20)15-11-21(9-10-24-15)16(22)8-5-13-3-6-14(23-2)7-4-13/h3-4,6-7,12,15H,5,8-11H2,1-2H3/t15-/m0/s1. The summed E-state index contributed by atoms with van der Waals surface area (Å²) in [5, 5.41) is 7.96. The number of methoxy groups -OCH3 is 1. The highest BCUT2D eigenvalue weighted by Gasteiger charge is 2.27. The van der Waals surface area contributed by atoms with Crippen molar-refractivity contribution in [2.75, 3.05) is 26.8 Å². The molecule has 1 aliphatic rings. The van der Waals surface area contributed by atoms with Crippen LogP contribution in [0, 0.1) is 0 Å². The number of aromatic nitrogens is 3.